The second-order valence-corrected chi connectivity index (χ2v) is 12.6. The molecular weight excluding hydrogens is 518 g/mol. The molecule has 0 aliphatic carbocycles. The van der Waals surface area contributed by atoms with E-state index in [1.807, 2.05) is 26.8 Å². The van der Waals surface area contributed by atoms with E-state index < -0.39 is 5.60 Å². The molecule has 0 unspecified atom stereocenters. The number of esters is 1. The maximum absolute atomic E-state index is 11.9. The Morgan fingerprint density at radius 1 is 1.00 bits per heavy atom. The molecule has 3 heterocycles. The zero-order chi connectivity index (χ0) is 28.9. The first kappa shape index (κ1) is 29.9. The van der Waals surface area contributed by atoms with E-state index in [0.717, 1.165) is 68.1 Å². The van der Waals surface area contributed by atoms with Crippen LogP contribution in [0.4, 0.5) is 0 Å². The van der Waals surface area contributed by atoms with E-state index in [0.29, 0.717) is 6.42 Å². The van der Waals surface area contributed by atoms with Crippen LogP contribution in [-0.2, 0) is 22.6 Å². The van der Waals surface area contributed by atoms with Gasteiger partial charge >= 0.3 is 5.97 Å². The maximum Gasteiger partial charge on any atom is 0.306 e. The summed E-state index contributed by atoms with van der Waals surface area (Å²) in [6, 6.07) is 6.31. The van der Waals surface area contributed by atoms with Gasteiger partial charge in [-0.25, -0.2) is 4.98 Å². The quantitative estimate of drug-likeness (QED) is 0.120. The van der Waals surface area contributed by atoms with E-state index in [1.165, 1.54) is 33.3 Å². The van der Waals surface area contributed by atoms with Gasteiger partial charge in [-0.05, 0) is 71.6 Å². The Labute approximate surface area is 243 Å². The molecule has 0 bridgehead atoms. The number of aryl methyl sites for hydroxylation is 3. The van der Waals surface area contributed by atoms with Crippen LogP contribution in [0.5, 0.6) is 5.75 Å². The van der Waals surface area contributed by atoms with Crippen LogP contribution in [0.15, 0.2) is 36.0 Å². The predicted octanol–water partition coefficient (Wildman–Crippen LogP) is 8.95. The van der Waals surface area contributed by atoms with Crippen LogP contribution < -0.4 is 4.74 Å². The first-order chi connectivity index (χ1) is 19.1. The van der Waals surface area contributed by atoms with Gasteiger partial charge in [0, 0.05) is 65.6 Å². The minimum absolute atomic E-state index is 0.0874. The van der Waals surface area contributed by atoms with E-state index in [4.69, 9.17) is 14.5 Å². The number of ether oxygens (including phenoxy) is 2. The molecule has 0 aliphatic rings. The van der Waals surface area contributed by atoms with Crippen LogP contribution >= 0.6 is 11.3 Å². The molecule has 40 heavy (non-hydrogen) atoms. The fourth-order valence-corrected chi connectivity index (χ4v) is 6.26. The number of aromatic nitrogens is 3. The molecule has 4 aromatic rings. The lowest BCUT2D eigenvalue weighted by atomic mass is 10.1. The third-order valence-electron chi connectivity index (χ3n) is 7.28. The van der Waals surface area contributed by atoms with Gasteiger partial charge in [0.25, 0.3) is 0 Å². The summed E-state index contributed by atoms with van der Waals surface area (Å²) in [6.45, 7) is 14.3. The summed E-state index contributed by atoms with van der Waals surface area (Å²) in [4.78, 5) is 17.0. The molecule has 0 saturated carbocycles. The van der Waals surface area contributed by atoms with Gasteiger partial charge in [0.2, 0.25) is 0 Å². The number of hydrogen-bond acceptors (Lipinski definition) is 5. The van der Waals surface area contributed by atoms with Crippen molar-refractivity contribution >= 4 is 28.2 Å². The van der Waals surface area contributed by atoms with E-state index in [2.05, 4.69) is 59.8 Å². The first-order valence-corrected chi connectivity index (χ1v) is 15.5. The van der Waals surface area contributed by atoms with Crippen LogP contribution in [0.3, 0.4) is 0 Å². The molecule has 0 N–H and O–H groups in total. The second-order valence-electron chi connectivity index (χ2n) is 11.7. The summed E-state index contributed by atoms with van der Waals surface area (Å²) in [5.41, 5.74) is 6.83. The standard InChI is InChI=1S/C33H45N3O3S/c1-8-17-36-21-27(26-16-15-25(38-7)19-29(26)36)32-34-28(22-40-32)31-23(2)20-35(24(31)3)18-13-11-9-10-12-14-30(37)39-33(4,5)6/h15-16,19-22H,8-14,17-18H2,1-7H3. The zero-order valence-electron chi connectivity index (χ0n) is 25.3. The molecule has 4 rings (SSSR count). The Hall–Kier alpha value is -3.06. The molecule has 6 nitrogen and oxygen atoms in total. The Bertz CT molecular complexity index is 1440. The van der Waals surface area contributed by atoms with Crippen molar-refractivity contribution in [3.05, 3.63) is 47.2 Å². The first-order valence-electron chi connectivity index (χ1n) is 14.6. The third kappa shape index (κ3) is 7.17. The molecule has 0 amide bonds. The number of hydrogen-bond donors (Lipinski definition) is 0. The SMILES string of the molecule is CCCn1cc(-c2nc(-c3c(C)cn(CCCCCCCC(=O)OC(C)(C)C)c3C)cs2)c2ccc(OC)cc21. The molecular formula is C33H45N3O3S. The largest absolute Gasteiger partial charge is 0.497 e. The van der Waals surface area contributed by atoms with Crippen LogP contribution in [0.1, 0.15) is 83.9 Å². The Morgan fingerprint density at radius 3 is 2.48 bits per heavy atom. The molecule has 0 atom stereocenters. The van der Waals surface area contributed by atoms with Crippen LogP contribution in [0.2, 0.25) is 0 Å². The fourth-order valence-electron chi connectivity index (χ4n) is 5.43. The number of carbonyl (C=O) groups excluding carboxylic acids is 1. The minimum Gasteiger partial charge on any atom is -0.497 e. The molecule has 0 aliphatic heterocycles. The number of benzene rings is 1. The topological polar surface area (TPSA) is 58.3 Å². The molecule has 3 aromatic heterocycles. The predicted molar refractivity (Wildman–Crippen MR) is 166 cm³/mol. The number of nitrogens with zero attached hydrogens (tertiary/aromatic N) is 3. The van der Waals surface area contributed by atoms with Crippen molar-refractivity contribution in [2.45, 2.75) is 105 Å². The molecule has 0 fully saturated rings. The number of methoxy groups -OCH3 is 1. The lowest BCUT2D eigenvalue weighted by molar-refractivity contribution is -0.154. The van der Waals surface area contributed by atoms with Crippen molar-refractivity contribution in [2.24, 2.45) is 0 Å². The average Bonchev–Trinajstić information content (AvgIpc) is 3.58. The second kappa shape index (κ2) is 13.1. The summed E-state index contributed by atoms with van der Waals surface area (Å²) in [5, 5.41) is 4.47. The summed E-state index contributed by atoms with van der Waals surface area (Å²) in [6.07, 6.45) is 11.5. The molecule has 0 radical (unpaired) electrons. The fraction of sp³-hybridized carbons (Fsp3) is 0.515. The summed E-state index contributed by atoms with van der Waals surface area (Å²) >= 11 is 1.72. The Kier molecular flexibility index (Phi) is 9.77. The van der Waals surface area contributed by atoms with Crippen LogP contribution in [-0.4, -0.2) is 32.8 Å². The smallest absolute Gasteiger partial charge is 0.306 e. The number of carbonyl (C=O) groups is 1. The lowest BCUT2D eigenvalue weighted by Crippen LogP contribution is -2.23. The van der Waals surface area contributed by atoms with Gasteiger partial charge in [-0.1, -0.05) is 26.2 Å². The summed E-state index contributed by atoms with van der Waals surface area (Å²) in [7, 11) is 1.72. The lowest BCUT2D eigenvalue weighted by Gasteiger charge is -2.19. The third-order valence-corrected chi connectivity index (χ3v) is 8.16. The van der Waals surface area contributed by atoms with Gasteiger partial charge in [0.1, 0.15) is 16.4 Å². The van der Waals surface area contributed by atoms with Crippen molar-refractivity contribution in [3.8, 4) is 27.6 Å². The van der Waals surface area contributed by atoms with Gasteiger partial charge in [0.05, 0.1) is 18.3 Å². The Morgan fingerprint density at radius 2 is 1.75 bits per heavy atom. The number of unbranched alkanes of at least 4 members (excludes halogenated alkanes) is 4. The van der Waals surface area contributed by atoms with Crippen molar-refractivity contribution in [3.63, 3.8) is 0 Å². The monoisotopic (exact) mass is 563 g/mol. The zero-order valence-corrected chi connectivity index (χ0v) is 26.1. The van der Waals surface area contributed by atoms with Gasteiger partial charge < -0.3 is 18.6 Å². The number of thiazole rings is 1. The highest BCUT2D eigenvalue weighted by Crippen LogP contribution is 2.38. The van der Waals surface area contributed by atoms with Crippen LogP contribution in [0, 0.1) is 13.8 Å². The summed E-state index contributed by atoms with van der Waals surface area (Å²) in [5.74, 6) is 0.790. The maximum atomic E-state index is 11.9. The van der Waals surface area contributed by atoms with E-state index in [-0.39, 0.29) is 5.97 Å². The van der Waals surface area contributed by atoms with Crippen molar-refractivity contribution in [1.29, 1.82) is 0 Å². The van der Waals surface area contributed by atoms with Crippen molar-refractivity contribution < 1.29 is 14.3 Å². The normalized spacial score (nSPS) is 11.9. The Balaban J connectivity index is 1.38. The van der Waals surface area contributed by atoms with Crippen molar-refractivity contribution in [1.82, 2.24) is 14.1 Å². The van der Waals surface area contributed by atoms with E-state index in [9.17, 15) is 4.79 Å². The molecule has 0 saturated heterocycles. The van der Waals surface area contributed by atoms with Gasteiger partial charge in [-0.2, -0.15) is 0 Å². The van der Waals surface area contributed by atoms with Gasteiger partial charge in [-0.15, -0.1) is 11.3 Å². The number of rotatable bonds is 13. The van der Waals surface area contributed by atoms with Gasteiger partial charge in [0.15, 0.2) is 0 Å². The summed E-state index contributed by atoms with van der Waals surface area (Å²) < 4.78 is 15.6. The van der Waals surface area contributed by atoms with E-state index >= 15 is 0 Å². The minimum atomic E-state index is -0.396. The molecule has 1 aromatic carbocycles. The van der Waals surface area contributed by atoms with Crippen molar-refractivity contribution in [2.75, 3.05) is 7.11 Å². The van der Waals surface area contributed by atoms with E-state index in [1.54, 1.807) is 18.4 Å². The highest BCUT2D eigenvalue weighted by molar-refractivity contribution is 7.13. The molecule has 7 heteroatoms. The number of fused-ring (bicyclic) bond motifs is 1. The van der Waals surface area contributed by atoms with Gasteiger partial charge in [-0.3, -0.25) is 4.79 Å². The molecule has 216 valence electrons. The highest BCUT2D eigenvalue weighted by Gasteiger charge is 2.19. The van der Waals surface area contributed by atoms with Crippen LogP contribution in [0.25, 0.3) is 32.7 Å². The average molecular weight is 564 g/mol. The highest BCUT2D eigenvalue weighted by atomic mass is 32.1. The molecule has 0 spiro atoms.